The Hall–Kier alpha value is -2.56. The third-order valence-corrected chi connectivity index (χ3v) is 3.03. The van der Waals surface area contributed by atoms with Gasteiger partial charge in [0.1, 0.15) is 0 Å². The van der Waals surface area contributed by atoms with Crippen molar-refractivity contribution >= 4 is 5.91 Å². The summed E-state index contributed by atoms with van der Waals surface area (Å²) >= 11 is 0. The number of carbonyl (C=O) groups is 1. The molecule has 0 spiro atoms. The SMILES string of the molecule is CCOc1ccc(C(=O)NCc2ccc[nH+]c2)cc1OCC. The van der Waals surface area contributed by atoms with Crippen LogP contribution in [0.25, 0.3) is 0 Å². The second-order valence-electron chi connectivity index (χ2n) is 4.62. The highest BCUT2D eigenvalue weighted by atomic mass is 16.5. The smallest absolute Gasteiger partial charge is 0.251 e. The van der Waals surface area contributed by atoms with Crippen LogP contribution in [0.4, 0.5) is 0 Å². The summed E-state index contributed by atoms with van der Waals surface area (Å²) in [5.41, 5.74) is 1.55. The number of hydrogen-bond donors (Lipinski definition) is 1. The summed E-state index contributed by atoms with van der Waals surface area (Å²) in [4.78, 5) is 15.2. The van der Waals surface area contributed by atoms with E-state index in [-0.39, 0.29) is 5.91 Å². The maximum Gasteiger partial charge on any atom is 0.251 e. The van der Waals surface area contributed by atoms with Gasteiger partial charge in [-0.15, -0.1) is 0 Å². The minimum atomic E-state index is -0.146. The topological polar surface area (TPSA) is 61.7 Å². The molecule has 5 nitrogen and oxygen atoms in total. The molecule has 0 aliphatic rings. The predicted octanol–water partition coefficient (Wildman–Crippen LogP) is 2.23. The first-order valence-corrected chi connectivity index (χ1v) is 7.37. The molecule has 1 amide bonds. The molecule has 0 aliphatic heterocycles. The lowest BCUT2D eigenvalue weighted by Gasteiger charge is -2.12. The van der Waals surface area contributed by atoms with Gasteiger partial charge in [0.15, 0.2) is 23.9 Å². The number of H-pyrrole nitrogens is 1. The van der Waals surface area contributed by atoms with E-state index in [2.05, 4.69) is 10.3 Å². The van der Waals surface area contributed by atoms with Gasteiger partial charge in [-0.25, -0.2) is 4.98 Å². The first-order valence-electron chi connectivity index (χ1n) is 7.37. The van der Waals surface area contributed by atoms with Crippen LogP contribution in [0.1, 0.15) is 29.8 Å². The van der Waals surface area contributed by atoms with Gasteiger partial charge in [0.05, 0.1) is 13.2 Å². The molecule has 0 fully saturated rings. The summed E-state index contributed by atoms with van der Waals surface area (Å²) < 4.78 is 11.0. The maximum atomic E-state index is 12.2. The highest BCUT2D eigenvalue weighted by Crippen LogP contribution is 2.28. The zero-order valence-corrected chi connectivity index (χ0v) is 12.9. The molecule has 2 rings (SSSR count). The van der Waals surface area contributed by atoms with Crippen LogP contribution in [-0.2, 0) is 6.54 Å². The van der Waals surface area contributed by atoms with Gasteiger partial charge in [0.25, 0.3) is 5.91 Å². The van der Waals surface area contributed by atoms with Crippen molar-refractivity contribution < 1.29 is 19.3 Å². The Balaban J connectivity index is 2.07. The first kappa shape index (κ1) is 15.8. The molecule has 0 saturated carbocycles. The van der Waals surface area contributed by atoms with Gasteiger partial charge in [0, 0.05) is 23.7 Å². The highest BCUT2D eigenvalue weighted by molar-refractivity contribution is 5.94. The second kappa shape index (κ2) is 8.02. The van der Waals surface area contributed by atoms with Gasteiger partial charge in [-0.05, 0) is 38.1 Å². The van der Waals surface area contributed by atoms with Crippen molar-refractivity contribution in [3.05, 3.63) is 53.9 Å². The van der Waals surface area contributed by atoms with Gasteiger partial charge in [-0.2, -0.15) is 0 Å². The van der Waals surface area contributed by atoms with E-state index >= 15 is 0 Å². The summed E-state index contributed by atoms with van der Waals surface area (Å²) in [5.74, 6) is 1.09. The zero-order chi connectivity index (χ0) is 15.8. The molecule has 2 N–H and O–H groups in total. The van der Waals surface area contributed by atoms with E-state index in [1.807, 2.05) is 38.4 Å². The molecule has 22 heavy (non-hydrogen) atoms. The Bertz CT molecular complexity index is 615. The Labute approximate surface area is 130 Å². The molecular weight excluding hydrogens is 280 g/mol. The van der Waals surface area contributed by atoms with Gasteiger partial charge in [-0.3, -0.25) is 4.79 Å². The van der Waals surface area contributed by atoms with E-state index in [0.717, 1.165) is 5.56 Å². The lowest BCUT2D eigenvalue weighted by molar-refractivity contribution is -0.378. The van der Waals surface area contributed by atoms with Crippen molar-refractivity contribution in [2.24, 2.45) is 0 Å². The molecule has 116 valence electrons. The number of aromatic nitrogens is 1. The molecule has 5 heteroatoms. The fourth-order valence-electron chi connectivity index (χ4n) is 2.02. The molecule has 2 aromatic rings. The molecule has 0 radical (unpaired) electrons. The van der Waals surface area contributed by atoms with E-state index in [9.17, 15) is 4.79 Å². The number of nitrogens with one attached hydrogen (secondary N) is 2. The molecule has 0 unspecified atom stereocenters. The number of rotatable bonds is 7. The third kappa shape index (κ3) is 4.22. The van der Waals surface area contributed by atoms with Crippen LogP contribution in [0.15, 0.2) is 42.7 Å². The monoisotopic (exact) mass is 301 g/mol. The fraction of sp³-hybridized carbons (Fsp3) is 0.294. The summed E-state index contributed by atoms with van der Waals surface area (Å²) in [6.07, 6.45) is 3.68. The van der Waals surface area contributed by atoms with E-state index < -0.39 is 0 Å². The van der Waals surface area contributed by atoms with Crippen LogP contribution in [0.3, 0.4) is 0 Å². The van der Waals surface area contributed by atoms with Gasteiger partial charge >= 0.3 is 0 Å². The van der Waals surface area contributed by atoms with E-state index in [4.69, 9.17) is 9.47 Å². The number of ether oxygens (including phenoxy) is 2. The van der Waals surface area contributed by atoms with Gasteiger partial charge < -0.3 is 14.8 Å². The standard InChI is InChI=1S/C17H20N2O3/c1-3-21-15-8-7-14(10-16(15)22-4-2)17(20)19-12-13-6-5-9-18-11-13/h5-11H,3-4,12H2,1-2H3,(H,19,20)/p+1. The van der Waals surface area contributed by atoms with Crippen molar-refractivity contribution in [1.29, 1.82) is 0 Å². The summed E-state index contributed by atoms with van der Waals surface area (Å²) in [6, 6.07) is 9.05. The molecule has 0 atom stereocenters. The number of pyridine rings is 1. The summed E-state index contributed by atoms with van der Waals surface area (Å²) in [7, 11) is 0. The van der Waals surface area contributed by atoms with Crippen LogP contribution in [0, 0.1) is 0 Å². The Morgan fingerprint density at radius 2 is 1.91 bits per heavy atom. The highest BCUT2D eigenvalue weighted by Gasteiger charge is 2.11. The molecule has 1 heterocycles. The number of aromatic amines is 1. The number of carbonyl (C=O) groups excluding carboxylic acids is 1. The number of benzene rings is 1. The average Bonchev–Trinajstić information content (AvgIpc) is 2.55. The molecule has 0 aliphatic carbocycles. The van der Waals surface area contributed by atoms with Crippen molar-refractivity contribution in [1.82, 2.24) is 5.32 Å². The van der Waals surface area contributed by atoms with Gasteiger partial charge in [0.2, 0.25) is 0 Å². The zero-order valence-electron chi connectivity index (χ0n) is 12.9. The van der Waals surface area contributed by atoms with Crippen molar-refractivity contribution in [2.45, 2.75) is 20.4 Å². The quantitative estimate of drug-likeness (QED) is 0.853. The Morgan fingerprint density at radius 1 is 1.14 bits per heavy atom. The Morgan fingerprint density at radius 3 is 2.59 bits per heavy atom. The molecule has 1 aromatic carbocycles. The molecular formula is C17H21N2O3+. The first-order chi connectivity index (χ1) is 10.7. The maximum absolute atomic E-state index is 12.2. The predicted molar refractivity (Wildman–Crippen MR) is 82.9 cm³/mol. The van der Waals surface area contributed by atoms with Crippen LogP contribution < -0.4 is 19.8 Å². The molecule has 0 saturated heterocycles. The fourth-order valence-corrected chi connectivity index (χ4v) is 2.02. The third-order valence-electron chi connectivity index (χ3n) is 3.03. The Kier molecular flexibility index (Phi) is 5.77. The average molecular weight is 301 g/mol. The minimum Gasteiger partial charge on any atom is -0.490 e. The normalized spacial score (nSPS) is 10.1. The summed E-state index contributed by atoms with van der Waals surface area (Å²) in [5, 5.41) is 2.88. The van der Waals surface area contributed by atoms with E-state index in [1.54, 1.807) is 18.2 Å². The molecule has 0 bridgehead atoms. The van der Waals surface area contributed by atoms with Crippen LogP contribution in [0.2, 0.25) is 0 Å². The van der Waals surface area contributed by atoms with Crippen molar-refractivity contribution in [3.63, 3.8) is 0 Å². The molecule has 1 aromatic heterocycles. The van der Waals surface area contributed by atoms with Crippen molar-refractivity contribution in [2.75, 3.05) is 13.2 Å². The van der Waals surface area contributed by atoms with Crippen LogP contribution in [0.5, 0.6) is 11.5 Å². The van der Waals surface area contributed by atoms with Gasteiger partial charge in [-0.1, -0.05) is 0 Å². The van der Waals surface area contributed by atoms with E-state index in [1.165, 1.54) is 0 Å². The lowest BCUT2D eigenvalue weighted by Crippen LogP contribution is -2.23. The number of hydrogen-bond acceptors (Lipinski definition) is 3. The van der Waals surface area contributed by atoms with Crippen LogP contribution in [-0.4, -0.2) is 19.1 Å². The minimum absolute atomic E-state index is 0.146. The summed E-state index contributed by atoms with van der Waals surface area (Å²) in [6.45, 7) is 5.34. The lowest BCUT2D eigenvalue weighted by atomic mass is 10.2. The van der Waals surface area contributed by atoms with Crippen molar-refractivity contribution in [3.8, 4) is 11.5 Å². The number of amides is 1. The van der Waals surface area contributed by atoms with Crippen LogP contribution >= 0.6 is 0 Å². The second-order valence-corrected chi connectivity index (χ2v) is 4.62. The largest absolute Gasteiger partial charge is 0.490 e. The van der Waals surface area contributed by atoms with E-state index in [0.29, 0.717) is 36.8 Å².